The lowest BCUT2D eigenvalue weighted by molar-refractivity contribution is -0.279. The minimum atomic E-state index is -3.83. The van der Waals surface area contributed by atoms with Gasteiger partial charge in [0, 0.05) is 6.61 Å². The van der Waals surface area contributed by atoms with E-state index in [0.717, 1.165) is 44.6 Å². The second kappa shape index (κ2) is 10.4. The summed E-state index contributed by atoms with van der Waals surface area (Å²) < 4.78 is 69.4. The van der Waals surface area contributed by atoms with Crippen LogP contribution < -0.4 is 0 Å². The maximum atomic E-state index is 14.7. The molecule has 2 saturated carbocycles. The van der Waals surface area contributed by atoms with Crippen molar-refractivity contribution in [3.05, 3.63) is 34.9 Å². The van der Waals surface area contributed by atoms with Gasteiger partial charge in [0.15, 0.2) is 11.6 Å². The predicted octanol–water partition coefficient (Wildman–Crippen LogP) is 7.45. The van der Waals surface area contributed by atoms with Gasteiger partial charge in [0.2, 0.25) is 0 Å². The summed E-state index contributed by atoms with van der Waals surface area (Å²) in [6, 6.07) is 2.32. The van der Waals surface area contributed by atoms with Crippen LogP contribution in [0.1, 0.15) is 95.1 Å². The third-order valence-corrected chi connectivity index (χ3v) is 6.75. The lowest BCUT2D eigenvalue weighted by atomic mass is 9.82. The first-order valence-electron chi connectivity index (χ1n) is 11.5. The molecule has 30 heavy (non-hydrogen) atoms. The molecule has 2 aliphatic rings. The average molecular weight is 431 g/mol. The van der Waals surface area contributed by atoms with E-state index in [0.29, 0.717) is 38.2 Å². The fourth-order valence-electron chi connectivity index (χ4n) is 5.10. The van der Waals surface area contributed by atoms with Crippen LogP contribution in [0.4, 0.5) is 17.6 Å². The molecular weight excluding hydrogens is 396 g/mol. The zero-order chi connectivity index (χ0) is 21.7. The number of benzene rings is 1. The molecule has 0 heterocycles. The first-order chi connectivity index (χ1) is 14.4. The Morgan fingerprint density at radius 3 is 2.10 bits per heavy atom. The molecule has 2 aliphatic carbocycles. The van der Waals surface area contributed by atoms with Crippen molar-refractivity contribution in [3.63, 3.8) is 0 Å². The van der Waals surface area contributed by atoms with Crippen molar-refractivity contribution in [2.24, 2.45) is 5.92 Å². The van der Waals surface area contributed by atoms with Crippen LogP contribution in [-0.4, -0.2) is 18.8 Å². The van der Waals surface area contributed by atoms with E-state index in [4.69, 9.17) is 9.47 Å². The van der Waals surface area contributed by atoms with Gasteiger partial charge in [-0.3, -0.25) is 0 Å². The predicted molar refractivity (Wildman–Crippen MR) is 109 cm³/mol. The smallest absolute Gasteiger partial charge is 0.379 e. The molecule has 0 N–H and O–H groups in total. The number of hydrogen-bond acceptors (Lipinski definition) is 2. The van der Waals surface area contributed by atoms with Crippen molar-refractivity contribution in [1.82, 2.24) is 0 Å². The Kier molecular flexibility index (Phi) is 8.19. The normalized spacial score (nSPS) is 27.9. The molecule has 0 aliphatic heterocycles. The van der Waals surface area contributed by atoms with Gasteiger partial charge in [-0.05, 0) is 81.8 Å². The highest BCUT2D eigenvalue weighted by atomic mass is 19.3. The highest BCUT2D eigenvalue weighted by molar-refractivity contribution is 5.31. The molecule has 0 saturated heterocycles. The standard InChI is InChI=1S/C24H34F4O2/c1-3-5-16-6-10-19(11-7-16)30-24(27,28)21-15-14-20(22(25)23(21)26)17-8-12-18(13-9-17)29-4-2/h14-19H,3-13H2,1-2H3. The molecule has 0 radical (unpaired) electrons. The summed E-state index contributed by atoms with van der Waals surface area (Å²) in [5.74, 6) is -2.27. The number of hydrogen-bond donors (Lipinski definition) is 0. The first kappa shape index (κ1) is 23.5. The molecule has 1 aromatic carbocycles. The minimum absolute atomic E-state index is 0.142. The van der Waals surface area contributed by atoms with E-state index < -0.39 is 29.4 Å². The molecule has 1 aromatic rings. The summed E-state index contributed by atoms with van der Waals surface area (Å²) in [7, 11) is 0. The minimum Gasteiger partial charge on any atom is -0.379 e. The van der Waals surface area contributed by atoms with Gasteiger partial charge in [-0.15, -0.1) is 0 Å². The van der Waals surface area contributed by atoms with Crippen LogP contribution in [0, 0.1) is 17.6 Å². The van der Waals surface area contributed by atoms with Gasteiger partial charge in [0.05, 0.1) is 17.8 Å². The van der Waals surface area contributed by atoms with Crippen LogP contribution in [0.5, 0.6) is 0 Å². The van der Waals surface area contributed by atoms with Crippen LogP contribution in [0.15, 0.2) is 12.1 Å². The van der Waals surface area contributed by atoms with Crippen molar-refractivity contribution in [2.75, 3.05) is 6.61 Å². The van der Waals surface area contributed by atoms with Crippen molar-refractivity contribution in [3.8, 4) is 0 Å². The number of alkyl halides is 2. The highest BCUT2D eigenvalue weighted by Crippen LogP contribution is 2.41. The molecule has 3 rings (SSSR count). The quantitative estimate of drug-likeness (QED) is 0.399. The van der Waals surface area contributed by atoms with Crippen molar-refractivity contribution in [1.29, 1.82) is 0 Å². The zero-order valence-corrected chi connectivity index (χ0v) is 18.1. The summed E-state index contributed by atoms with van der Waals surface area (Å²) >= 11 is 0. The van der Waals surface area contributed by atoms with Crippen LogP contribution >= 0.6 is 0 Å². The van der Waals surface area contributed by atoms with Crippen LogP contribution in [0.25, 0.3) is 0 Å². The summed E-state index contributed by atoms with van der Waals surface area (Å²) in [6.45, 7) is 4.67. The highest BCUT2D eigenvalue weighted by Gasteiger charge is 2.41. The monoisotopic (exact) mass is 430 g/mol. The SMILES string of the molecule is CCCC1CCC(OC(F)(F)c2ccc(C3CCC(OCC)CC3)c(F)c2F)CC1. The Labute approximate surface area is 177 Å². The molecular formula is C24H34F4O2. The van der Waals surface area contributed by atoms with E-state index in [2.05, 4.69) is 6.92 Å². The van der Waals surface area contributed by atoms with Crippen LogP contribution in [0.3, 0.4) is 0 Å². The molecule has 0 bridgehead atoms. The summed E-state index contributed by atoms with van der Waals surface area (Å²) in [5.41, 5.74) is -0.815. The summed E-state index contributed by atoms with van der Waals surface area (Å²) in [4.78, 5) is 0. The molecule has 170 valence electrons. The number of ether oxygens (including phenoxy) is 2. The van der Waals surface area contributed by atoms with Crippen molar-refractivity contribution < 1.29 is 27.0 Å². The van der Waals surface area contributed by atoms with Crippen molar-refractivity contribution >= 4 is 0 Å². The molecule has 6 heteroatoms. The Balaban J connectivity index is 1.65. The van der Waals surface area contributed by atoms with E-state index in [1.54, 1.807) is 0 Å². The maximum Gasteiger partial charge on any atom is 0.386 e. The summed E-state index contributed by atoms with van der Waals surface area (Å²) in [6.07, 6.45) is 3.46. The topological polar surface area (TPSA) is 18.5 Å². The molecule has 0 spiro atoms. The molecule has 0 aromatic heterocycles. The second-order valence-electron chi connectivity index (χ2n) is 8.83. The van der Waals surface area contributed by atoms with E-state index in [-0.39, 0.29) is 17.6 Å². The van der Waals surface area contributed by atoms with Crippen LogP contribution in [-0.2, 0) is 15.6 Å². The zero-order valence-electron chi connectivity index (χ0n) is 18.1. The van der Waals surface area contributed by atoms with Gasteiger partial charge in [-0.1, -0.05) is 25.8 Å². The van der Waals surface area contributed by atoms with E-state index in [9.17, 15) is 17.6 Å². The van der Waals surface area contributed by atoms with E-state index in [1.165, 1.54) is 6.07 Å². The molecule has 0 amide bonds. The Morgan fingerprint density at radius 1 is 0.867 bits per heavy atom. The molecule has 0 atom stereocenters. The Morgan fingerprint density at radius 2 is 1.50 bits per heavy atom. The van der Waals surface area contributed by atoms with E-state index in [1.807, 2.05) is 6.92 Å². The Bertz CT molecular complexity index is 678. The number of rotatable bonds is 8. The third kappa shape index (κ3) is 5.56. The lowest BCUT2D eigenvalue weighted by Crippen LogP contribution is -2.31. The maximum absolute atomic E-state index is 14.7. The third-order valence-electron chi connectivity index (χ3n) is 6.75. The van der Waals surface area contributed by atoms with E-state index >= 15 is 0 Å². The number of halogens is 4. The molecule has 2 nitrogen and oxygen atoms in total. The lowest BCUT2D eigenvalue weighted by Gasteiger charge is -2.32. The summed E-state index contributed by atoms with van der Waals surface area (Å²) in [5, 5.41) is 0. The Hall–Kier alpha value is -1.14. The fourth-order valence-corrected chi connectivity index (χ4v) is 5.10. The molecule has 2 fully saturated rings. The van der Waals surface area contributed by atoms with Gasteiger partial charge >= 0.3 is 6.11 Å². The van der Waals surface area contributed by atoms with Gasteiger partial charge in [0.25, 0.3) is 0 Å². The van der Waals surface area contributed by atoms with Crippen molar-refractivity contribution in [2.45, 2.75) is 102 Å². The van der Waals surface area contributed by atoms with Gasteiger partial charge in [-0.2, -0.15) is 8.78 Å². The van der Waals surface area contributed by atoms with Gasteiger partial charge in [0.1, 0.15) is 0 Å². The van der Waals surface area contributed by atoms with Crippen LogP contribution in [0.2, 0.25) is 0 Å². The average Bonchev–Trinajstić information content (AvgIpc) is 2.72. The first-order valence-corrected chi connectivity index (χ1v) is 11.5. The fraction of sp³-hybridized carbons (Fsp3) is 0.750. The van der Waals surface area contributed by atoms with Gasteiger partial charge < -0.3 is 9.47 Å². The second-order valence-corrected chi connectivity index (χ2v) is 8.83. The molecule has 0 unspecified atom stereocenters. The largest absolute Gasteiger partial charge is 0.386 e. The van der Waals surface area contributed by atoms with Gasteiger partial charge in [-0.25, -0.2) is 8.78 Å².